The molecule has 1 saturated carbocycles. The number of likely N-dealkylation sites (N-methyl/N-ethyl adjacent to an activating group) is 2. The summed E-state index contributed by atoms with van der Waals surface area (Å²) in [5.41, 5.74) is 0.682. The first-order chi connectivity index (χ1) is 37.0. The average Bonchev–Trinajstić information content (AvgIpc) is 4.01. The molecule has 1 aromatic rings. The van der Waals surface area contributed by atoms with Crippen molar-refractivity contribution in [2.24, 2.45) is 41.4 Å². The number of nitrogens with one attached hydrogen (secondary N) is 2. The molecule has 1 aliphatic heterocycles. The van der Waals surface area contributed by atoms with Crippen LogP contribution in [0, 0.1) is 41.4 Å². The van der Waals surface area contributed by atoms with Crippen LogP contribution in [0.25, 0.3) is 0 Å². The van der Waals surface area contributed by atoms with E-state index in [1.807, 2.05) is 72.7 Å². The number of carbonyl (C=O) groups is 8. The molecule has 3 aliphatic rings. The topological polar surface area (TPSA) is 227 Å². The first kappa shape index (κ1) is 65.5. The van der Waals surface area contributed by atoms with Crippen LogP contribution >= 0.6 is 0 Å². The predicted octanol–water partition coefficient (Wildman–Crippen LogP) is 7.04. The van der Waals surface area contributed by atoms with Crippen LogP contribution in [0.15, 0.2) is 42.5 Å². The minimum Gasteiger partial charge on any atom is -0.439 e. The Balaban J connectivity index is 1.42. The Hall–Kier alpha value is -5.04. The van der Waals surface area contributed by atoms with E-state index in [1.165, 1.54) is 26.2 Å². The number of methoxy groups -OCH3 is 2. The number of allylic oxidation sites excluding steroid dienone is 1. The maximum Gasteiger partial charge on any atom is 0.410 e. The number of aliphatic hydroxyl groups is 1. The van der Waals surface area contributed by atoms with Gasteiger partial charge >= 0.3 is 6.09 Å². The number of ketones is 3. The van der Waals surface area contributed by atoms with Crippen LogP contribution in [0.2, 0.25) is 0 Å². The van der Waals surface area contributed by atoms with Gasteiger partial charge in [0.1, 0.15) is 24.3 Å². The van der Waals surface area contributed by atoms with Gasteiger partial charge in [0, 0.05) is 66.1 Å². The summed E-state index contributed by atoms with van der Waals surface area (Å²) in [6, 6.07) is 6.60. The van der Waals surface area contributed by atoms with Gasteiger partial charge < -0.3 is 49.4 Å². The van der Waals surface area contributed by atoms with Crippen molar-refractivity contribution >= 4 is 47.1 Å². The molecular weight excluding hydrogens is 999 g/mol. The van der Waals surface area contributed by atoms with Crippen LogP contribution in [0.4, 0.5) is 4.79 Å². The molecular formula is C60H95N5O13. The van der Waals surface area contributed by atoms with E-state index in [9.17, 15) is 43.5 Å². The molecule has 1 aromatic carbocycles. The van der Waals surface area contributed by atoms with Crippen molar-refractivity contribution in [3.63, 3.8) is 0 Å². The Morgan fingerprint density at radius 2 is 1.55 bits per heavy atom. The summed E-state index contributed by atoms with van der Waals surface area (Å²) in [6.07, 6.45) is 4.86. The SMILES string of the molecule is CCC1CC(=O)C(CCNC(=O)COC2CCCC/C=C/C2OC(=O)N(C)C(C(=O)CC(C(=O)N(C)C(C(CC(=O)N2CCCC2C(OC)C(C)C(=O)N[C@H](C)[C@@H](O)c2ccccc2)OC)[C@@H](C)CC)C(C)C)C(C)C)C1=O. The Morgan fingerprint density at radius 1 is 0.859 bits per heavy atom. The molecule has 18 nitrogen and oxygen atoms in total. The summed E-state index contributed by atoms with van der Waals surface area (Å²) >= 11 is 0. The fraction of sp³-hybridized carbons (Fsp3) is 0.733. The smallest absolute Gasteiger partial charge is 0.410 e. The highest BCUT2D eigenvalue weighted by Gasteiger charge is 2.45. The zero-order chi connectivity index (χ0) is 58.0. The summed E-state index contributed by atoms with van der Waals surface area (Å²) in [4.78, 5) is 114. The second-order valence-electron chi connectivity index (χ2n) is 22.8. The van der Waals surface area contributed by atoms with E-state index >= 15 is 0 Å². The van der Waals surface area contributed by atoms with Gasteiger partial charge in [0.15, 0.2) is 5.78 Å². The molecule has 5 amide bonds. The van der Waals surface area contributed by atoms with E-state index in [2.05, 4.69) is 10.6 Å². The van der Waals surface area contributed by atoms with E-state index in [0.717, 1.165) is 19.3 Å². The summed E-state index contributed by atoms with van der Waals surface area (Å²) < 4.78 is 24.2. The molecule has 1 heterocycles. The quantitative estimate of drug-likeness (QED) is 0.0541. The number of rotatable bonds is 29. The molecule has 2 fully saturated rings. The molecule has 0 aromatic heterocycles. The lowest BCUT2D eigenvalue weighted by Gasteiger charge is -2.41. The van der Waals surface area contributed by atoms with Crippen molar-refractivity contribution in [2.75, 3.05) is 48.0 Å². The number of aliphatic hydroxyl groups excluding tert-OH is 1. The molecule has 78 heavy (non-hydrogen) atoms. The number of benzene rings is 1. The maximum absolute atomic E-state index is 14.9. The van der Waals surface area contributed by atoms with Crippen molar-refractivity contribution in [1.29, 1.82) is 0 Å². The number of carbonyl (C=O) groups excluding carboxylic acids is 8. The van der Waals surface area contributed by atoms with Gasteiger partial charge in [-0.1, -0.05) is 105 Å². The van der Waals surface area contributed by atoms with E-state index in [4.69, 9.17) is 18.9 Å². The molecule has 3 N–H and O–H groups in total. The molecule has 11 unspecified atom stereocenters. The molecule has 1 saturated heterocycles. The Kier molecular flexibility index (Phi) is 26.6. The zero-order valence-corrected chi connectivity index (χ0v) is 49.1. The Bertz CT molecular complexity index is 2170. The standard InChI is InChI=1S/C60H95N5O13/c1-14-38(7)54(50(75-12)34-52(69)65-31-23-26-45(65)57(76-13)39(8)58(72)62-40(9)55(70)42-24-19-18-20-25-42)63(10)59(73)44(36(3)4)33-47(67)53(37(5)6)64(11)60(74)78-49-28-22-17-16-21-27-48(49)77-35-51(68)61-30-29-43-46(66)32-41(15-2)56(43)71/h18-20,22,24-25,28,36-41,43-45,48-50,53-55,57,70H,14-17,21,23,26-27,29-35H2,1-13H3,(H,61,68)(H,62,72)/b28-22+/t38-,39?,40+,41?,43?,44?,45?,48?,49?,50?,53?,54?,55+,57?/m0/s1. The lowest BCUT2D eigenvalue weighted by molar-refractivity contribution is -0.149. The first-order valence-corrected chi connectivity index (χ1v) is 28.8. The summed E-state index contributed by atoms with van der Waals surface area (Å²) in [5.74, 6) is -4.84. The lowest BCUT2D eigenvalue weighted by Crippen LogP contribution is -2.55. The van der Waals surface area contributed by atoms with Crippen LogP contribution in [-0.2, 0) is 52.5 Å². The summed E-state index contributed by atoms with van der Waals surface area (Å²) in [6.45, 7) is 17.1. The third kappa shape index (κ3) is 17.5. The number of ether oxygens (including phenoxy) is 4. The Morgan fingerprint density at radius 3 is 2.15 bits per heavy atom. The maximum atomic E-state index is 14.9. The van der Waals surface area contributed by atoms with Crippen LogP contribution in [0.1, 0.15) is 151 Å². The number of Topliss-reactive ketones (excluding diaryl/α,β-unsaturated/α-hetero) is 3. The number of hydrogen-bond donors (Lipinski definition) is 3. The van der Waals surface area contributed by atoms with Crippen LogP contribution in [0.3, 0.4) is 0 Å². The molecule has 438 valence electrons. The normalized spacial score (nSPS) is 23.7. The highest BCUT2D eigenvalue weighted by molar-refractivity contribution is 6.10. The minimum absolute atomic E-state index is 0.0495. The summed E-state index contributed by atoms with van der Waals surface area (Å²) in [7, 11) is 6.27. The van der Waals surface area contributed by atoms with Crippen LogP contribution in [-0.4, -0.2) is 163 Å². The van der Waals surface area contributed by atoms with Gasteiger partial charge in [-0.3, -0.25) is 33.6 Å². The van der Waals surface area contributed by atoms with Crippen molar-refractivity contribution in [2.45, 2.75) is 194 Å². The van der Waals surface area contributed by atoms with E-state index < -0.39 is 84.4 Å². The second-order valence-corrected chi connectivity index (χ2v) is 22.8. The highest BCUT2D eigenvalue weighted by Crippen LogP contribution is 2.33. The molecule has 0 radical (unpaired) electrons. The van der Waals surface area contributed by atoms with Crippen molar-refractivity contribution in [1.82, 2.24) is 25.3 Å². The summed E-state index contributed by atoms with van der Waals surface area (Å²) in [5, 5.41) is 16.7. The molecule has 2 aliphatic carbocycles. The highest BCUT2D eigenvalue weighted by atomic mass is 16.6. The number of likely N-dealkylation sites (tertiary alicyclic amines) is 1. The van der Waals surface area contributed by atoms with Gasteiger partial charge in [-0.05, 0) is 81.3 Å². The molecule has 0 bridgehead atoms. The predicted molar refractivity (Wildman–Crippen MR) is 297 cm³/mol. The monoisotopic (exact) mass is 1090 g/mol. The first-order valence-electron chi connectivity index (χ1n) is 28.8. The van der Waals surface area contributed by atoms with Crippen molar-refractivity contribution < 1.29 is 62.4 Å². The van der Waals surface area contributed by atoms with E-state index in [1.54, 1.807) is 48.9 Å². The van der Waals surface area contributed by atoms with Crippen LogP contribution < -0.4 is 10.6 Å². The largest absolute Gasteiger partial charge is 0.439 e. The van der Waals surface area contributed by atoms with Crippen molar-refractivity contribution in [3.8, 4) is 0 Å². The van der Waals surface area contributed by atoms with Gasteiger partial charge in [0.2, 0.25) is 23.6 Å². The van der Waals surface area contributed by atoms with Gasteiger partial charge in [0.05, 0.1) is 66.8 Å². The number of nitrogens with zero attached hydrogens (tertiary/aromatic N) is 3. The lowest BCUT2D eigenvalue weighted by atomic mass is 9.83. The van der Waals surface area contributed by atoms with E-state index in [0.29, 0.717) is 44.2 Å². The molecule has 0 spiro atoms. The van der Waals surface area contributed by atoms with Gasteiger partial charge in [0.25, 0.3) is 0 Å². The van der Waals surface area contributed by atoms with Crippen molar-refractivity contribution in [3.05, 3.63) is 48.0 Å². The van der Waals surface area contributed by atoms with E-state index in [-0.39, 0.29) is 97.6 Å². The van der Waals surface area contributed by atoms with Crippen LogP contribution in [0.5, 0.6) is 0 Å². The average molecular weight is 1090 g/mol. The Labute approximate surface area is 464 Å². The molecule has 4 rings (SSSR count). The number of hydrogen-bond acceptors (Lipinski definition) is 13. The molecule has 18 heteroatoms. The number of amides is 5. The third-order valence-corrected chi connectivity index (χ3v) is 16.7. The molecule has 14 atom stereocenters. The van der Waals surface area contributed by atoms with Gasteiger partial charge in [-0.25, -0.2) is 4.79 Å². The van der Waals surface area contributed by atoms with Gasteiger partial charge in [-0.2, -0.15) is 0 Å². The minimum atomic E-state index is -0.956. The fourth-order valence-electron chi connectivity index (χ4n) is 11.8. The third-order valence-electron chi connectivity index (χ3n) is 16.7. The van der Waals surface area contributed by atoms with Gasteiger partial charge in [-0.15, -0.1) is 0 Å². The second kappa shape index (κ2) is 31.7. The zero-order valence-electron chi connectivity index (χ0n) is 49.1. The fourth-order valence-corrected chi connectivity index (χ4v) is 11.8.